The van der Waals surface area contributed by atoms with Crippen molar-refractivity contribution in [1.82, 2.24) is 4.90 Å². The summed E-state index contributed by atoms with van der Waals surface area (Å²) in [6.07, 6.45) is 0.666. The number of carbonyl (C=O) groups is 1. The Balaban J connectivity index is 1.69. The number of methoxy groups -OCH3 is 1. The molecular weight excluding hydrogens is 402 g/mol. The van der Waals surface area contributed by atoms with Crippen molar-refractivity contribution in [3.8, 4) is 5.75 Å². The molecule has 0 bridgehead atoms. The second-order valence-corrected chi connectivity index (χ2v) is 8.05. The van der Waals surface area contributed by atoms with Crippen molar-refractivity contribution in [1.29, 1.82) is 0 Å². The van der Waals surface area contributed by atoms with E-state index in [0.717, 1.165) is 16.7 Å². The Hall–Kier alpha value is -3.86. The monoisotopic (exact) mass is 425 g/mol. The van der Waals surface area contributed by atoms with Crippen LogP contribution >= 0.6 is 0 Å². The number of ether oxygens (including phenoxy) is 1. The van der Waals surface area contributed by atoms with Gasteiger partial charge in [0.15, 0.2) is 5.43 Å². The van der Waals surface area contributed by atoms with Crippen LogP contribution in [0.1, 0.15) is 38.9 Å². The average molecular weight is 425 g/mol. The summed E-state index contributed by atoms with van der Waals surface area (Å²) in [5.74, 6) is 0.480. The normalized spacial score (nSPS) is 15.2. The Morgan fingerprint density at radius 2 is 1.72 bits per heavy atom. The second-order valence-electron chi connectivity index (χ2n) is 8.05. The van der Waals surface area contributed by atoms with Crippen LogP contribution in [0.4, 0.5) is 0 Å². The molecule has 32 heavy (non-hydrogen) atoms. The standard InChI is InChI=1S/C27H23NO4/c1-17-12-13-22-20(16-17)25(29)23-24(19-10-6-7-11-21(19)31-2)28(27(30)26(23)32-22)15-14-18-8-4-3-5-9-18/h3-13,16,24H,14-15H2,1-2H3. The van der Waals surface area contributed by atoms with E-state index in [0.29, 0.717) is 35.2 Å². The lowest BCUT2D eigenvalue weighted by molar-refractivity contribution is 0.0729. The summed E-state index contributed by atoms with van der Waals surface area (Å²) in [6.45, 7) is 2.38. The highest BCUT2D eigenvalue weighted by molar-refractivity contribution is 5.99. The van der Waals surface area contributed by atoms with E-state index >= 15 is 0 Å². The molecule has 0 spiro atoms. The molecular formula is C27H23NO4. The van der Waals surface area contributed by atoms with Crippen LogP contribution in [0.2, 0.25) is 0 Å². The van der Waals surface area contributed by atoms with Gasteiger partial charge < -0.3 is 14.1 Å². The van der Waals surface area contributed by atoms with Gasteiger partial charge in [0.25, 0.3) is 5.91 Å². The number of hydrogen-bond donors (Lipinski definition) is 0. The van der Waals surface area contributed by atoms with Crippen molar-refractivity contribution in [2.45, 2.75) is 19.4 Å². The van der Waals surface area contributed by atoms with Crippen molar-refractivity contribution in [3.05, 3.63) is 111 Å². The van der Waals surface area contributed by atoms with Gasteiger partial charge in [0, 0.05) is 12.1 Å². The molecule has 1 atom stereocenters. The Morgan fingerprint density at radius 1 is 0.969 bits per heavy atom. The van der Waals surface area contributed by atoms with E-state index in [2.05, 4.69) is 0 Å². The fourth-order valence-corrected chi connectivity index (χ4v) is 4.47. The lowest BCUT2D eigenvalue weighted by atomic mass is 9.97. The van der Waals surface area contributed by atoms with Gasteiger partial charge in [-0.1, -0.05) is 60.2 Å². The van der Waals surface area contributed by atoms with Crippen molar-refractivity contribution in [2.75, 3.05) is 13.7 Å². The third-order valence-electron chi connectivity index (χ3n) is 6.04. The van der Waals surface area contributed by atoms with Crippen LogP contribution in [0, 0.1) is 6.92 Å². The van der Waals surface area contributed by atoms with E-state index in [4.69, 9.17) is 9.15 Å². The molecule has 1 aliphatic rings. The SMILES string of the molecule is COc1ccccc1C1c2c(oc3ccc(C)cc3c2=O)C(=O)N1CCc1ccccc1. The maximum Gasteiger partial charge on any atom is 0.290 e. The maximum atomic E-state index is 13.6. The molecule has 0 aliphatic carbocycles. The van der Waals surface area contributed by atoms with E-state index in [1.807, 2.05) is 73.7 Å². The molecule has 1 aromatic heterocycles. The molecule has 160 valence electrons. The lowest BCUT2D eigenvalue weighted by Gasteiger charge is -2.26. The van der Waals surface area contributed by atoms with Gasteiger partial charge in [-0.05, 0) is 37.1 Å². The van der Waals surface area contributed by atoms with Gasteiger partial charge in [0.05, 0.1) is 24.1 Å². The quantitative estimate of drug-likeness (QED) is 0.456. The third kappa shape index (κ3) is 3.26. The Labute approximate surface area is 185 Å². The molecule has 3 aromatic carbocycles. The summed E-state index contributed by atoms with van der Waals surface area (Å²) in [5, 5.41) is 0.487. The molecule has 5 rings (SSSR count). The third-order valence-corrected chi connectivity index (χ3v) is 6.04. The zero-order valence-corrected chi connectivity index (χ0v) is 18.0. The van der Waals surface area contributed by atoms with Crippen LogP contribution < -0.4 is 10.2 Å². The summed E-state index contributed by atoms with van der Waals surface area (Å²) < 4.78 is 11.6. The zero-order chi connectivity index (χ0) is 22.2. The summed E-state index contributed by atoms with van der Waals surface area (Å²) in [7, 11) is 1.59. The van der Waals surface area contributed by atoms with Crippen molar-refractivity contribution in [3.63, 3.8) is 0 Å². The van der Waals surface area contributed by atoms with Gasteiger partial charge in [0.2, 0.25) is 5.76 Å². The van der Waals surface area contributed by atoms with Crippen LogP contribution in [0.25, 0.3) is 11.0 Å². The van der Waals surface area contributed by atoms with Crippen molar-refractivity contribution >= 4 is 16.9 Å². The van der Waals surface area contributed by atoms with Gasteiger partial charge in [-0.2, -0.15) is 0 Å². The number of para-hydroxylation sites is 1. The molecule has 0 radical (unpaired) electrons. The van der Waals surface area contributed by atoms with Gasteiger partial charge >= 0.3 is 0 Å². The summed E-state index contributed by atoms with van der Waals surface area (Å²) in [4.78, 5) is 28.9. The predicted molar refractivity (Wildman–Crippen MR) is 123 cm³/mol. The average Bonchev–Trinajstić information content (AvgIpc) is 3.10. The van der Waals surface area contributed by atoms with E-state index in [1.54, 1.807) is 18.1 Å². The van der Waals surface area contributed by atoms with Crippen molar-refractivity contribution in [2.24, 2.45) is 0 Å². The highest BCUT2D eigenvalue weighted by Gasteiger charge is 2.43. The Morgan fingerprint density at radius 3 is 2.50 bits per heavy atom. The molecule has 4 aromatic rings. The predicted octanol–water partition coefficient (Wildman–Crippen LogP) is 4.90. The van der Waals surface area contributed by atoms with Gasteiger partial charge in [-0.3, -0.25) is 9.59 Å². The largest absolute Gasteiger partial charge is 0.496 e. The number of amides is 1. The molecule has 0 saturated heterocycles. The molecule has 0 N–H and O–H groups in total. The molecule has 5 nitrogen and oxygen atoms in total. The number of benzene rings is 3. The molecule has 1 amide bonds. The number of nitrogens with zero attached hydrogens (tertiary/aromatic N) is 1. The van der Waals surface area contributed by atoms with E-state index in [1.165, 1.54) is 0 Å². The van der Waals surface area contributed by atoms with E-state index in [-0.39, 0.29) is 17.1 Å². The summed E-state index contributed by atoms with van der Waals surface area (Å²) in [5.41, 5.74) is 3.49. The fourth-order valence-electron chi connectivity index (χ4n) is 4.47. The number of fused-ring (bicyclic) bond motifs is 2. The Kier molecular flexibility index (Phi) is 5.02. The first kappa shape index (κ1) is 20.1. The number of rotatable bonds is 5. The minimum Gasteiger partial charge on any atom is -0.496 e. The fraction of sp³-hybridized carbons (Fsp3) is 0.185. The van der Waals surface area contributed by atoms with Crippen LogP contribution in [0.3, 0.4) is 0 Å². The van der Waals surface area contributed by atoms with Crippen LogP contribution in [0.5, 0.6) is 5.75 Å². The zero-order valence-electron chi connectivity index (χ0n) is 18.0. The van der Waals surface area contributed by atoms with E-state index in [9.17, 15) is 9.59 Å². The minimum absolute atomic E-state index is 0.121. The first-order valence-corrected chi connectivity index (χ1v) is 10.6. The number of aryl methyl sites for hydroxylation is 1. The Bertz CT molecular complexity index is 1370. The summed E-state index contributed by atoms with van der Waals surface area (Å²) >= 11 is 0. The summed E-state index contributed by atoms with van der Waals surface area (Å²) in [6, 6.07) is 22.4. The first-order chi connectivity index (χ1) is 15.6. The van der Waals surface area contributed by atoms with Crippen LogP contribution in [0.15, 0.2) is 82.0 Å². The molecule has 1 unspecified atom stereocenters. The first-order valence-electron chi connectivity index (χ1n) is 10.6. The number of carbonyl (C=O) groups excluding carboxylic acids is 1. The van der Waals surface area contributed by atoms with Crippen LogP contribution in [-0.2, 0) is 6.42 Å². The second kappa shape index (κ2) is 8.00. The van der Waals surface area contributed by atoms with Gasteiger partial charge in [-0.25, -0.2) is 0 Å². The van der Waals surface area contributed by atoms with Gasteiger partial charge in [0.1, 0.15) is 11.3 Å². The molecule has 1 aliphatic heterocycles. The van der Waals surface area contributed by atoms with Gasteiger partial charge in [-0.15, -0.1) is 0 Å². The minimum atomic E-state index is -0.571. The highest BCUT2D eigenvalue weighted by Crippen LogP contribution is 2.41. The number of hydrogen-bond acceptors (Lipinski definition) is 4. The molecule has 0 fully saturated rings. The van der Waals surface area contributed by atoms with Crippen molar-refractivity contribution < 1.29 is 13.9 Å². The van der Waals surface area contributed by atoms with Crippen LogP contribution in [-0.4, -0.2) is 24.5 Å². The molecule has 2 heterocycles. The maximum absolute atomic E-state index is 13.6. The smallest absolute Gasteiger partial charge is 0.290 e. The highest BCUT2D eigenvalue weighted by atomic mass is 16.5. The van der Waals surface area contributed by atoms with E-state index < -0.39 is 6.04 Å². The lowest BCUT2D eigenvalue weighted by Crippen LogP contribution is -2.31. The molecule has 0 saturated carbocycles. The topological polar surface area (TPSA) is 59.8 Å². The molecule has 5 heteroatoms.